The van der Waals surface area contributed by atoms with Gasteiger partial charge in [-0.1, -0.05) is 33.6 Å². The molecule has 2 heteroatoms. The first-order valence-electron chi connectivity index (χ1n) is 7.11. The molecule has 0 amide bonds. The molecule has 0 aromatic heterocycles. The predicted molar refractivity (Wildman–Crippen MR) is 71.8 cm³/mol. The standard InChI is InChI=1S/C14H30N2/c1-5-7-8-13(6-2)15-14-9-10-16(4)11-12(14)3/h12-15H,5-11H2,1-4H3. The Balaban J connectivity index is 2.33. The molecule has 0 aromatic rings. The number of hydrogen-bond donors (Lipinski definition) is 1. The molecule has 3 unspecified atom stereocenters. The summed E-state index contributed by atoms with van der Waals surface area (Å²) in [6.45, 7) is 9.49. The van der Waals surface area contributed by atoms with E-state index in [1.807, 2.05) is 0 Å². The van der Waals surface area contributed by atoms with Crippen LogP contribution in [0.15, 0.2) is 0 Å². The summed E-state index contributed by atoms with van der Waals surface area (Å²) in [5, 5.41) is 3.88. The van der Waals surface area contributed by atoms with Gasteiger partial charge in [-0.2, -0.15) is 0 Å². The van der Waals surface area contributed by atoms with Crippen molar-refractivity contribution in [3.8, 4) is 0 Å². The van der Waals surface area contributed by atoms with E-state index in [0.717, 1.165) is 18.0 Å². The zero-order valence-corrected chi connectivity index (χ0v) is 11.6. The van der Waals surface area contributed by atoms with Gasteiger partial charge < -0.3 is 10.2 Å². The first-order chi connectivity index (χ1) is 7.67. The molecule has 2 nitrogen and oxygen atoms in total. The summed E-state index contributed by atoms with van der Waals surface area (Å²) in [6.07, 6.45) is 6.64. The van der Waals surface area contributed by atoms with Crippen LogP contribution in [-0.4, -0.2) is 37.1 Å². The van der Waals surface area contributed by atoms with Crippen LogP contribution in [0.25, 0.3) is 0 Å². The third-order valence-corrected chi connectivity index (χ3v) is 3.96. The lowest BCUT2D eigenvalue weighted by molar-refractivity contribution is 0.163. The molecule has 0 spiro atoms. The molecule has 0 bridgehead atoms. The summed E-state index contributed by atoms with van der Waals surface area (Å²) < 4.78 is 0. The van der Waals surface area contributed by atoms with Crippen molar-refractivity contribution in [1.29, 1.82) is 0 Å². The maximum atomic E-state index is 3.88. The monoisotopic (exact) mass is 226 g/mol. The normalized spacial score (nSPS) is 29.2. The highest BCUT2D eigenvalue weighted by Gasteiger charge is 2.25. The summed E-state index contributed by atoms with van der Waals surface area (Å²) >= 11 is 0. The van der Waals surface area contributed by atoms with E-state index in [2.05, 4.69) is 38.0 Å². The van der Waals surface area contributed by atoms with Crippen LogP contribution < -0.4 is 5.32 Å². The van der Waals surface area contributed by atoms with Gasteiger partial charge in [0.05, 0.1) is 0 Å². The molecule has 1 aliphatic rings. The summed E-state index contributed by atoms with van der Waals surface area (Å²) in [4.78, 5) is 2.45. The van der Waals surface area contributed by atoms with Crippen molar-refractivity contribution < 1.29 is 0 Å². The molecule has 0 saturated carbocycles. The molecule has 1 N–H and O–H groups in total. The van der Waals surface area contributed by atoms with Gasteiger partial charge in [0.1, 0.15) is 0 Å². The van der Waals surface area contributed by atoms with Crippen molar-refractivity contribution in [1.82, 2.24) is 10.2 Å². The molecule has 1 heterocycles. The van der Waals surface area contributed by atoms with Crippen molar-refractivity contribution in [3.05, 3.63) is 0 Å². The molecule has 0 aliphatic carbocycles. The Morgan fingerprint density at radius 2 is 2.12 bits per heavy atom. The number of rotatable bonds is 6. The second kappa shape index (κ2) is 7.29. The molecule has 1 fully saturated rings. The van der Waals surface area contributed by atoms with E-state index < -0.39 is 0 Å². The molecular formula is C14H30N2. The van der Waals surface area contributed by atoms with Gasteiger partial charge in [-0.15, -0.1) is 0 Å². The SMILES string of the molecule is CCCCC(CC)NC1CCN(C)CC1C. The number of likely N-dealkylation sites (tertiary alicyclic amines) is 1. The lowest BCUT2D eigenvalue weighted by atomic mass is 9.92. The average molecular weight is 226 g/mol. The first kappa shape index (κ1) is 14.0. The lowest BCUT2D eigenvalue weighted by Gasteiger charge is -2.37. The minimum absolute atomic E-state index is 0.746. The number of nitrogens with zero attached hydrogens (tertiary/aromatic N) is 1. The van der Waals surface area contributed by atoms with E-state index in [1.54, 1.807) is 0 Å². The molecule has 1 aliphatic heterocycles. The summed E-state index contributed by atoms with van der Waals surface area (Å²) in [5.41, 5.74) is 0. The second-order valence-electron chi connectivity index (χ2n) is 5.55. The quantitative estimate of drug-likeness (QED) is 0.749. The maximum absolute atomic E-state index is 3.88. The number of nitrogens with one attached hydrogen (secondary N) is 1. The molecule has 1 rings (SSSR count). The van der Waals surface area contributed by atoms with Crippen LogP contribution in [-0.2, 0) is 0 Å². The van der Waals surface area contributed by atoms with Crippen molar-refractivity contribution in [2.24, 2.45) is 5.92 Å². The van der Waals surface area contributed by atoms with Crippen LogP contribution >= 0.6 is 0 Å². The van der Waals surface area contributed by atoms with Crippen molar-refractivity contribution >= 4 is 0 Å². The fourth-order valence-corrected chi connectivity index (χ4v) is 2.76. The van der Waals surface area contributed by atoms with Gasteiger partial charge in [0, 0.05) is 18.6 Å². The fourth-order valence-electron chi connectivity index (χ4n) is 2.76. The number of unbranched alkanes of at least 4 members (excludes halogenated alkanes) is 1. The third-order valence-electron chi connectivity index (χ3n) is 3.96. The van der Waals surface area contributed by atoms with Crippen LogP contribution in [0.4, 0.5) is 0 Å². The predicted octanol–water partition coefficient (Wildman–Crippen LogP) is 2.89. The topological polar surface area (TPSA) is 15.3 Å². The Hall–Kier alpha value is -0.0800. The Labute approximate surface area is 102 Å². The highest BCUT2D eigenvalue weighted by atomic mass is 15.1. The lowest BCUT2D eigenvalue weighted by Crippen LogP contribution is -2.50. The second-order valence-corrected chi connectivity index (χ2v) is 5.55. The van der Waals surface area contributed by atoms with Gasteiger partial charge in [-0.25, -0.2) is 0 Å². The minimum atomic E-state index is 0.746. The van der Waals surface area contributed by atoms with Crippen molar-refractivity contribution in [2.45, 2.75) is 65.0 Å². The van der Waals surface area contributed by atoms with Crippen molar-refractivity contribution in [2.75, 3.05) is 20.1 Å². The fraction of sp³-hybridized carbons (Fsp3) is 1.00. The van der Waals surface area contributed by atoms with Crippen LogP contribution in [0.5, 0.6) is 0 Å². The van der Waals surface area contributed by atoms with E-state index in [0.29, 0.717) is 0 Å². The summed E-state index contributed by atoms with van der Waals surface area (Å²) in [5.74, 6) is 0.800. The molecule has 0 aromatic carbocycles. The number of hydrogen-bond acceptors (Lipinski definition) is 2. The van der Waals surface area contributed by atoms with E-state index >= 15 is 0 Å². The van der Waals surface area contributed by atoms with E-state index in [1.165, 1.54) is 45.2 Å². The van der Waals surface area contributed by atoms with Gasteiger partial charge in [0.2, 0.25) is 0 Å². The van der Waals surface area contributed by atoms with Crippen LogP contribution in [0.1, 0.15) is 52.9 Å². The van der Waals surface area contributed by atoms with Crippen LogP contribution in [0.3, 0.4) is 0 Å². The molecule has 96 valence electrons. The Bertz CT molecular complexity index is 182. The Kier molecular flexibility index (Phi) is 6.37. The average Bonchev–Trinajstić information content (AvgIpc) is 2.27. The Morgan fingerprint density at radius 3 is 2.69 bits per heavy atom. The highest BCUT2D eigenvalue weighted by Crippen LogP contribution is 2.17. The maximum Gasteiger partial charge on any atom is 0.0120 e. The van der Waals surface area contributed by atoms with Gasteiger partial charge in [0.25, 0.3) is 0 Å². The number of piperidine rings is 1. The van der Waals surface area contributed by atoms with E-state index in [4.69, 9.17) is 0 Å². The van der Waals surface area contributed by atoms with Crippen LogP contribution in [0.2, 0.25) is 0 Å². The summed E-state index contributed by atoms with van der Waals surface area (Å²) in [7, 11) is 2.24. The molecule has 3 atom stereocenters. The van der Waals surface area contributed by atoms with Gasteiger partial charge >= 0.3 is 0 Å². The Morgan fingerprint density at radius 1 is 1.38 bits per heavy atom. The van der Waals surface area contributed by atoms with Gasteiger partial charge in [-0.05, 0) is 38.8 Å². The zero-order valence-electron chi connectivity index (χ0n) is 11.6. The third kappa shape index (κ3) is 4.42. The van der Waals surface area contributed by atoms with Crippen LogP contribution in [0, 0.1) is 5.92 Å². The zero-order chi connectivity index (χ0) is 12.0. The smallest absolute Gasteiger partial charge is 0.0120 e. The molecule has 1 saturated heterocycles. The highest BCUT2D eigenvalue weighted by molar-refractivity contribution is 4.84. The van der Waals surface area contributed by atoms with Crippen molar-refractivity contribution in [3.63, 3.8) is 0 Å². The van der Waals surface area contributed by atoms with E-state index in [9.17, 15) is 0 Å². The van der Waals surface area contributed by atoms with Gasteiger partial charge in [-0.3, -0.25) is 0 Å². The molecule has 0 radical (unpaired) electrons. The minimum Gasteiger partial charge on any atom is -0.311 e. The largest absolute Gasteiger partial charge is 0.311 e. The molecule has 16 heavy (non-hydrogen) atoms. The van der Waals surface area contributed by atoms with Gasteiger partial charge in [0.15, 0.2) is 0 Å². The van der Waals surface area contributed by atoms with E-state index in [-0.39, 0.29) is 0 Å². The summed E-state index contributed by atoms with van der Waals surface area (Å²) in [6, 6.07) is 1.49. The first-order valence-corrected chi connectivity index (χ1v) is 7.11. The molecular weight excluding hydrogens is 196 g/mol.